The molecule has 134 valence electrons. The number of guanidine groups is 1. The van der Waals surface area contributed by atoms with E-state index in [1.807, 2.05) is 4.90 Å². The molecule has 0 radical (unpaired) electrons. The summed E-state index contributed by atoms with van der Waals surface area (Å²) in [6.07, 6.45) is 3.80. The van der Waals surface area contributed by atoms with Crippen molar-refractivity contribution in [3.05, 3.63) is 0 Å². The molecule has 1 amide bonds. The zero-order valence-electron chi connectivity index (χ0n) is 14.4. The molecule has 0 saturated carbocycles. The third-order valence-electron chi connectivity index (χ3n) is 4.27. The maximum absolute atomic E-state index is 11.6. The molecule has 0 aliphatic carbocycles. The van der Waals surface area contributed by atoms with Gasteiger partial charge in [0.1, 0.15) is 0 Å². The van der Waals surface area contributed by atoms with Gasteiger partial charge in [-0.1, -0.05) is 0 Å². The smallest absolute Gasteiger partial charge is 0.222 e. The second-order valence-corrected chi connectivity index (χ2v) is 6.18. The number of amides is 1. The summed E-state index contributed by atoms with van der Waals surface area (Å²) in [6.45, 7) is 8.21. The Morgan fingerprint density at radius 3 is 2.96 bits per heavy atom. The van der Waals surface area contributed by atoms with Crippen molar-refractivity contribution in [1.29, 1.82) is 0 Å². The van der Waals surface area contributed by atoms with Crippen LogP contribution in [0.15, 0.2) is 4.99 Å². The highest BCUT2D eigenvalue weighted by atomic mass is 127. The molecule has 2 heterocycles. The van der Waals surface area contributed by atoms with E-state index < -0.39 is 0 Å². The molecule has 2 aliphatic rings. The molecular weight excluding hydrogens is 407 g/mol. The summed E-state index contributed by atoms with van der Waals surface area (Å²) in [5, 5.41) is 3.35. The molecule has 2 aliphatic heterocycles. The van der Waals surface area contributed by atoms with Gasteiger partial charge in [0.2, 0.25) is 5.91 Å². The average molecular weight is 438 g/mol. The van der Waals surface area contributed by atoms with E-state index in [2.05, 4.69) is 24.2 Å². The Hall–Kier alpha value is -0.570. The number of nitrogens with zero attached hydrogens (tertiary/aromatic N) is 3. The largest absolute Gasteiger partial charge is 0.381 e. The van der Waals surface area contributed by atoms with Crippen molar-refractivity contribution >= 4 is 35.8 Å². The molecule has 1 unspecified atom stereocenters. The summed E-state index contributed by atoms with van der Waals surface area (Å²) in [7, 11) is 2.09. The van der Waals surface area contributed by atoms with Crippen molar-refractivity contribution in [2.75, 3.05) is 53.0 Å². The lowest BCUT2D eigenvalue weighted by molar-refractivity contribution is -0.127. The lowest BCUT2D eigenvalue weighted by atomic mass is 10.1. The minimum absolute atomic E-state index is 0. The van der Waals surface area contributed by atoms with Gasteiger partial charge in [0.15, 0.2) is 5.96 Å². The van der Waals surface area contributed by atoms with Crippen LogP contribution in [0.3, 0.4) is 0 Å². The third kappa shape index (κ3) is 6.82. The monoisotopic (exact) mass is 438 g/mol. The van der Waals surface area contributed by atoms with Crippen LogP contribution in [0.25, 0.3) is 0 Å². The Balaban J connectivity index is 0.00000264. The van der Waals surface area contributed by atoms with Gasteiger partial charge < -0.3 is 19.9 Å². The van der Waals surface area contributed by atoms with Crippen molar-refractivity contribution in [2.45, 2.75) is 32.6 Å². The van der Waals surface area contributed by atoms with Crippen molar-refractivity contribution in [2.24, 2.45) is 10.9 Å². The van der Waals surface area contributed by atoms with Crippen LogP contribution in [-0.2, 0) is 9.53 Å². The van der Waals surface area contributed by atoms with Gasteiger partial charge in [-0.15, -0.1) is 24.0 Å². The van der Waals surface area contributed by atoms with E-state index in [0.717, 1.165) is 77.6 Å². The van der Waals surface area contributed by atoms with Crippen molar-refractivity contribution in [3.8, 4) is 0 Å². The van der Waals surface area contributed by atoms with Gasteiger partial charge in [0.25, 0.3) is 0 Å². The van der Waals surface area contributed by atoms with E-state index in [1.54, 1.807) is 0 Å². The molecular formula is C16H31IN4O2. The number of hydrogen-bond acceptors (Lipinski definition) is 3. The number of likely N-dealkylation sites (tertiary alicyclic amines) is 1. The zero-order chi connectivity index (χ0) is 15.8. The van der Waals surface area contributed by atoms with Crippen LogP contribution < -0.4 is 5.32 Å². The number of nitrogens with one attached hydrogen (secondary N) is 1. The summed E-state index contributed by atoms with van der Waals surface area (Å²) in [6, 6.07) is 0. The van der Waals surface area contributed by atoms with Gasteiger partial charge in [-0.25, -0.2) is 0 Å². The fourth-order valence-corrected chi connectivity index (χ4v) is 3.06. The number of halogens is 1. The molecule has 23 heavy (non-hydrogen) atoms. The minimum Gasteiger partial charge on any atom is -0.381 e. The molecule has 2 fully saturated rings. The average Bonchev–Trinajstić information content (AvgIpc) is 3.14. The van der Waals surface area contributed by atoms with Crippen LogP contribution in [0, 0.1) is 5.92 Å². The molecule has 1 N–H and O–H groups in total. The first-order valence-electron chi connectivity index (χ1n) is 8.55. The molecule has 7 heteroatoms. The van der Waals surface area contributed by atoms with Crippen molar-refractivity contribution in [1.82, 2.24) is 15.1 Å². The second kappa shape index (κ2) is 11.1. The Morgan fingerprint density at radius 2 is 2.35 bits per heavy atom. The number of aliphatic imine (C=N–C) groups is 1. The molecule has 6 nitrogen and oxygen atoms in total. The normalized spacial score (nSPS) is 21.5. The zero-order valence-corrected chi connectivity index (χ0v) is 16.8. The molecule has 0 bridgehead atoms. The standard InChI is InChI=1S/C16H30N4O2.HI/c1-3-17-16(19(2)12-14-7-11-22-13-14)18-8-5-10-20-9-4-6-15(20)21;/h14H,3-13H2,1-2H3,(H,17,18);1H. The first-order chi connectivity index (χ1) is 10.7. The summed E-state index contributed by atoms with van der Waals surface area (Å²) in [5.74, 6) is 1.87. The molecule has 0 spiro atoms. The SMILES string of the molecule is CCNC(=NCCCN1CCCC1=O)N(C)CC1CCOC1.I. The Bertz CT molecular complexity index is 386. The predicted octanol–water partition coefficient (Wildman–Crippen LogP) is 1.55. The van der Waals surface area contributed by atoms with E-state index >= 15 is 0 Å². The van der Waals surface area contributed by atoms with Gasteiger partial charge in [0.05, 0.1) is 6.61 Å². The fourth-order valence-electron chi connectivity index (χ4n) is 3.06. The Labute approximate surface area is 157 Å². The summed E-state index contributed by atoms with van der Waals surface area (Å²) in [4.78, 5) is 20.4. The summed E-state index contributed by atoms with van der Waals surface area (Å²) in [5.41, 5.74) is 0. The quantitative estimate of drug-likeness (QED) is 0.284. The first kappa shape index (κ1) is 20.5. The fraction of sp³-hybridized carbons (Fsp3) is 0.875. The van der Waals surface area contributed by atoms with Gasteiger partial charge in [0, 0.05) is 58.7 Å². The van der Waals surface area contributed by atoms with Crippen LogP contribution in [-0.4, -0.2) is 74.7 Å². The van der Waals surface area contributed by atoms with E-state index in [-0.39, 0.29) is 24.0 Å². The minimum atomic E-state index is 0. The van der Waals surface area contributed by atoms with Crippen LogP contribution in [0.1, 0.15) is 32.6 Å². The van der Waals surface area contributed by atoms with Gasteiger partial charge in [-0.3, -0.25) is 9.79 Å². The molecule has 0 aromatic heterocycles. The van der Waals surface area contributed by atoms with E-state index in [0.29, 0.717) is 11.8 Å². The highest BCUT2D eigenvalue weighted by molar-refractivity contribution is 14.0. The predicted molar refractivity (Wildman–Crippen MR) is 103 cm³/mol. The summed E-state index contributed by atoms with van der Waals surface area (Å²) < 4.78 is 5.44. The molecule has 2 saturated heterocycles. The maximum atomic E-state index is 11.6. The molecule has 1 atom stereocenters. The van der Waals surface area contributed by atoms with E-state index in [9.17, 15) is 4.79 Å². The number of rotatable bonds is 7. The highest BCUT2D eigenvalue weighted by Crippen LogP contribution is 2.13. The van der Waals surface area contributed by atoms with E-state index in [1.165, 1.54) is 0 Å². The summed E-state index contributed by atoms with van der Waals surface area (Å²) >= 11 is 0. The Morgan fingerprint density at radius 1 is 1.52 bits per heavy atom. The topological polar surface area (TPSA) is 57.2 Å². The second-order valence-electron chi connectivity index (χ2n) is 6.18. The van der Waals surface area contributed by atoms with E-state index in [4.69, 9.17) is 9.73 Å². The number of carbonyl (C=O) groups is 1. The molecule has 2 rings (SSSR count). The number of ether oxygens (including phenoxy) is 1. The highest BCUT2D eigenvalue weighted by Gasteiger charge is 2.20. The van der Waals surface area contributed by atoms with Gasteiger partial charge >= 0.3 is 0 Å². The van der Waals surface area contributed by atoms with Gasteiger partial charge in [-0.2, -0.15) is 0 Å². The van der Waals surface area contributed by atoms with Crippen molar-refractivity contribution < 1.29 is 9.53 Å². The maximum Gasteiger partial charge on any atom is 0.222 e. The first-order valence-corrected chi connectivity index (χ1v) is 8.55. The van der Waals surface area contributed by atoms with Crippen LogP contribution in [0.2, 0.25) is 0 Å². The number of carbonyl (C=O) groups excluding carboxylic acids is 1. The van der Waals surface area contributed by atoms with Crippen LogP contribution in [0.4, 0.5) is 0 Å². The lowest BCUT2D eigenvalue weighted by Crippen LogP contribution is -2.41. The lowest BCUT2D eigenvalue weighted by Gasteiger charge is -2.24. The number of hydrogen-bond donors (Lipinski definition) is 1. The van der Waals surface area contributed by atoms with Crippen LogP contribution >= 0.6 is 24.0 Å². The molecule has 0 aromatic rings. The van der Waals surface area contributed by atoms with Gasteiger partial charge in [-0.05, 0) is 26.2 Å². The van der Waals surface area contributed by atoms with Crippen molar-refractivity contribution in [3.63, 3.8) is 0 Å². The van der Waals surface area contributed by atoms with Crippen LogP contribution in [0.5, 0.6) is 0 Å². The third-order valence-corrected chi connectivity index (χ3v) is 4.27. The molecule has 0 aromatic carbocycles. The Kier molecular flexibility index (Phi) is 9.85.